The number of fused-ring (bicyclic) bond motifs is 1. The normalized spacial score (nSPS) is 10.1. The average Bonchev–Trinajstić information content (AvgIpc) is 2.37. The van der Waals surface area contributed by atoms with E-state index in [1.54, 1.807) is 14.1 Å². The second kappa shape index (κ2) is 4.92. The highest BCUT2D eigenvalue weighted by Gasteiger charge is 2.09. The molecule has 0 radical (unpaired) electrons. The molecule has 1 amide bonds. The molecule has 0 aliphatic rings. The molecule has 2 aromatic carbocycles. The van der Waals surface area contributed by atoms with E-state index in [1.807, 2.05) is 42.5 Å². The minimum Gasteiger partial charge on any atom is -0.410 e. The van der Waals surface area contributed by atoms with Gasteiger partial charge in [0.15, 0.2) is 0 Å². The summed E-state index contributed by atoms with van der Waals surface area (Å²) in [5, 5.41) is 2.24. The fraction of sp³-hybridized carbons (Fsp3) is 0.133. The van der Waals surface area contributed by atoms with Gasteiger partial charge in [0.25, 0.3) is 0 Å². The van der Waals surface area contributed by atoms with Gasteiger partial charge in [0, 0.05) is 19.7 Å². The third-order valence-corrected chi connectivity index (χ3v) is 2.65. The van der Waals surface area contributed by atoms with Crippen LogP contribution in [-0.4, -0.2) is 25.1 Å². The van der Waals surface area contributed by atoms with Gasteiger partial charge in [0.2, 0.25) is 0 Å². The number of carbonyl (C=O) groups is 1. The number of hydrogen-bond donors (Lipinski definition) is 0. The molecule has 0 spiro atoms. The predicted octanol–water partition coefficient (Wildman–Crippen LogP) is 3.51. The van der Waals surface area contributed by atoms with Crippen LogP contribution in [-0.2, 0) is 4.74 Å². The Labute approximate surface area is 106 Å². The molecule has 0 saturated heterocycles. The zero-order valence-electron chi connectivity index (χ0n) is 10.5. The minimum atomic E-state index is -0.423. The molecule has 0 unspecified atom stereocenters. The Kier molecular flexibility index (Phi) is 3.33. The van der Waals surface area contributed by atoms with Gasteiger partial charge >= 0.3 is 6.09 Å². The Hall–Kier alpha value is -2.29. The van der Waals surface area contributed by atoms with Crippen LogP contribution in [0.4, 0.5) is 4.79 Å². The van der Waals surface area contributed by atoms with Crippen LogP contribution in [0.2, 0.25) is 0 Å². The lowest BCUT2D eigenvalue weighted by molar-refractivity contribution is 0.163. The maximum Gasteiger partial charge on any atom is 0.414 e. The van der Waals surface area contributed by atoms with Crippen LogP contribution >= 0.6 is 0 Å². The van der Waals surface area contributed by atoms with Gasteiger partial charge in [-0.15, -0.1) is 0 Å². The van der Waals surface area contributed by atoms with Gasteiger partial charge in [-0.1, -0.05) is 43.0 Å². The van der Waals surface area contributed by atoms with Gasteiger partial charge in [0.1, 0.15) is 5.76 Å². The lowest BCUT2D eigenvalue weighted by atomic mass is 10.1. The van der Waals surface area contributed by atoms with Crippen molar-refractivity contribution >= 4 is 22.6 Å². The molecule has 3 heteroatoms. The summed E-state index contributed by atoms with van der Waals surface area (Å²) in [5.41, 5.74) is 0.809. The number of ether oxygens (including phenoxy) is 1. The van der Waals surface area contributed by atoms with E-state index in [1.165, 1.54) is 4.90 Å². The van der Waals surface area contributed by atoms with E-state index in [2.05, 4.69) is 6.58 Å². The molecule has 92 valence electrons. The molecule has 2 rings (SSSR count). The summed E-state index contributed by atoms with van der Waals surface area (Å²) < 4.78 is 5.14. The van der Waals surface area contributed by atoms with Crippen molar-refractivity contribution in [3.63, 3.8) is 0 Å². The molecule has 0 fully saturated rings. The number of hydrogen-bond acceptors (Lipinski definition) is 2. The average molecular weight is 241 g/mol. The van der Waals surface area contributed by atoms with Crippen molar-refractivity contribution in [3.05, 3.63) is 54.6 Å². The van der Waals surface area contributed by atoms with Crippen molar-refractivity contribution in [2.24, 2.45) is 0 Å². The van der Waals surface area contributed by atoms with E-state index < -0.39 is 6.09 Å². The third-order valence-electron chi connectivity index (χ3n) is 2.65. The topological polar surface area (TPSA) is 29.5 Å². The van der Waals surface area contributed by atoms with Crippen LogP contribution in [0.15, 0.2) is 49.0 Å². The highest BCUT2D eigenvalue weighted by Crippen LogP contribution is 2.21. The zero-order chi connectivity index (χ0) is 13.1. The SMILES string of the molecule is C=C(OC(=O)N(C)C)c1ccc2ccccc2c1. The number of carbonyl (C=O) groups excluding carboxylic acids is 1. The summed E-state index contributed by atoms with van der Waals surface area (Å²) in [5.74, 6) is 0.361. The monoisotopic (exact) mass is 241 g/mol. The van der Waals surface area contributed by atoms with Gasteiger partial charge < -0.3 is 9.64 Å². The lowest BCUT2D eigenvalue weighted by Crippen LogP contribution is -2.21. The van der Waals surface area contributed by atoms with Crippen LogP contribution in [0, 0.1) is 0 Å². The quantitative estimate of drug-likeness (QED) is 0.753. The maximum absolute atomic E-state index is 11.4. The van der Waals surface area contributed by atoms with Crippen molar-refractivity contribution in [1.82, 2.24) is 4.90 Å². The zero-order valence-corrected chi connectivity index (χ0v) is 10.5. The number of nitrogens with zero attached hydrogens (tertiary/aromatic N) is 1. The van der Waals surface area contributed by atoms with Crippen LogP contribution in [0.25, 0.3) is 16.5 Å². The van der Waals surface area contributed by atoms with E-state index >= 15 is 0 Å². The van der Waals surface area contributed by atoms with E-state index in [9.17, 15) is 4.79 Å². The lowest BCUT2D eigenvalue weighted by Gasteiger charge is -2.12. The summed E-state index contributed by atoms with van der Waals surface area (Å²) in [6.07, 6.45) is -0.423. The first-order chi connectivity index (χ1) is 8.58. The van der Waals surface area contributed by atoms with Crippen LogP contribution in [0.1, 0.15) is 5.56 Å². The highest BCUT2D eigenvalue weighted by molar-refractivity contribution is 5.86. The summed E-state index contributed by atoms with van der Waals surface area (Å²) in [6, 6.07) is 13.9. The first kappa shape index (κ1) is 12.2. The molecular formula is C15H15NO2. The van der Waals surface area contributed by atoms with Crippen LogP contribution in [0.5, 0.6) is 0 Å². The van der Waals surface area contributed by atoms with Gasteiger partial charge in [-0.3, -0.25) is 0 Å². The van der Waals surface area contributed by atoms with E-state index in [-0.39, 0.29) is 0 Å². The summed E-state index contributed by atoms with van der Waals surface area (Å²) in [4.78, 5) is 12.8. The van der Waals surface area contributed by atoms with Crippen molar-refractivity contribution in [2.75, 3.05) is 14.1 Å². The largest absolute Gasteiger partial charge is 0.414 e. The Bertz CT molecular complexity index is 602. The minimum absolute atomic E-state index is 0.361. The molecule has 0 N–H and O–H groups in total. The second-order valence-electron chi connectivity index (χ2n) is 4.25. The molecule has 0 saturated carbocycles. The molecule has 0 bridgehead atoms. The smallest absolute Gasteiger partial charge is 0.410 e. The van der Waals surface area contributed by atoms with Crippen molar-refractivity contribution in [3.8, 4) is 0 Å². The molecular weight excluding hydrogens is 226 g/mol. The summed E-state index contributed by atoms with van der Waals surface area (Å²) >= 11 is 0. The van der Waals surface area contributed by atoms with Crippen LogP contribution in [0.3, 0.4) is 0 Å². The number of rotatable bonds is 2. The molecule has 18 heavy (non-hydrogen) atoms. The van der Waals surface area contributed by atoms with Crippen molar-refractivity contribution < 1.29 is 9.53 Å². The van der Waals surface area contributed by atoms with E-state index in [0.717, 1.165) is 16.3 Å². The highest BCUT2D eigenvalue weighted by atomic mass is 16.6. The number of benzene rings is 2. The van der Waals surface area contributed by atoms with E-state index in [4.69, 9.17) is 4.74 Å². The fourth-order valence-corrected chi connectivity index (χ4v) is 1.62. The molecule has 0 aromatic heterocycles. The van der Waals surface area contributed by atoms with Crippen molar-refractivity contribution in [1.29, 1.82) is 0 Å². The van der Waals surface area contributed by atoms with Gasteiger partial charge in [-0.05, 0) is 16.8 Å². The summed E-state index contributed by atoms with van der Waals surface area (Å²) in [6.45, 7) is 3.78. The molecule has 2 aromatic rings. The predicted molar refractivity (Wildman–Crippen MR) is 73.2 cm³/mol. The Morgan fingerprint density at radius 1 is 1.11 bits per heavy atom. The van der Waals surface area contributed by atoms with Gasteiger partial charge in [0.05, 0.1) is 0 Å². The first-order valence-electron chi connectivity index (χ1n) is 5.65. The second-order valence-corrected chi connectivity index (χ2v) is 4.25. The number of amides is 1. The van der Waals surface area contributed by atoms with Gasteiger partial charge in [-0.25, -0.2) is 4.79 Å². The molecule has 0 aliphatic heterocycles. The van der Waals surface area contributed by atoms with Gasteiger partial charge in [-0.2, -0.15) is 0 Å². The Morgan fingerprint density at radius 3 is 2.44 bits per heavy atom. The molecule has 3 nitrogen and oxygen atoms in total. The molecule has 0 aliphatic carbocycles. The molecule has 0 atom stereocenters. The Balaban J connectivity index is 2.26. The fourth-order valence-electron chi connectivity index (χ4n) is 1.62. The van der Waals surface area contributed by atoms with E-state index in [0.29, 0.717) is 5.76 Å². The Morgan fingerprint density at radius 2 is 1.78 bits per heavy atom. The maximum atomic E-state index is 11.4. The first-order valence-corrected chi connectivity index (χ1v) is 5.65. The van der Waals surface area contributed by atoms with Crippen molar-refractivity contribution in [2.45, 2.75) is 0 Å². The summed E-state index contributed by atoms with van der Waals surface area (Å²) in [7, 11) is 3.27. The standard InChI is InChI=1S/C15H15NO2/c1-11(18-15(17)16(2)3)13-9-8-12-6-4-5-7-14(12)10-13/h4-10H,1H2,2-3H3. The molecule has 0 heterocycles. The third kappa shape index (κ3) is 2.51. The van der Waals surface area contributed by atoms with Crippen LogP contribution < -0.4 is 0 Å².